The zero-order chi connectivity index (χ0) is 17.1. The number of hydrogen-bond acceptors (Lipinski definition) is 4. The van der Waals surface area contributed by atoms with Crippen LogP contribution in [0.3, 0.4) is 0 Å². The molecule has 2 N–H and O–H groups in total. The van der Waals surface area contributed by atoms with E-state index in [4.69, 9.17) is 4.74 Å². The third-order valence-corrected chi connectivity index (χ3v) is 5.28. The standard InChI is InChI=1S/C19H19NO3S/c1-12-15-5-3-4-6-17(15)24-18(12)19(22)20-11-16(21)13-7-9-14(23-2)10-8-13/h3-10,16,21H,11H2,1-2H3,(H,20,22). The predicted molar refractivity (Wildman–Crippen MR) is 96.8 cm³/mol. The number of rotatable bonds is 5. The van der Waals surface area contributed by atoms with E-state index in [2.05, 4.69) is 5.32 Å². The van der Waals surface area contributed by atoms with Crippen LogP contribution in [0.2, 0.25) is 0 Å². The first-order valence-corrected chi connectivity index (χ1v) is 8.50. The molecule has 5 heteroatoms. The Morgan fingerprint density at radius 3 is 2.58 bits per heavy atom. The van der Waals surface area contributed by atoms with Crippen LogP contribution in [-0.4, -0.2) is 24.7 Å². The van der Waals surface area contributed by atoms with Crippen LogP contribution in [0.15, 0.2) is 48.5 Å². The van der Waals surface area contributed by atoms with Crippen molar-refractivity contribution < 1.29 is 14.6 Å². The van der Waals surface area contributed by atoms with Gasteiger partial charge in [-0.15, -0.1) is 11.3 Å². The molecule has 1 unspecified atom stereocenters. The lowest BCUT2D eigenvalue weighted by molar-refractivity contribution is 0.0920. The quantitative estimate of drug-likeness (QED) is 0.744. The summed E-state index contributed by atoms with van der Waals surface area (Å²) in [6.07, 6.45) is -0.755. The first-order valence-electron chi connectivity index (χ1n) is 7.68. The van der Waals surface area contributed by atoms with Gasteiger partial charge in [-0.1, -0.05) is 30.3 Å². The van der Waals surface area contributed by atoms with Crippen molar-refractivity contribution in [2.24, 2.45) is 0 Å². The number of aliphatic hydroxyl groups excluding tert-OH is 1. The maximum Gasteiger partial charge on any atom is 0.261 e. The van der Waals surface area contributed by atoms with Gasteiger partial charge in [-0.3, -0.25) is 4.79 Å². The summed E-state index contributed by atoms with van der Waals surface area (Å²) in [5.41, 5.74) is 1.72. The molecular weight excluding hydrogens is 322 g/mol. The van der Waals surface area contributed by atoms with Gasteiger partial charge in [0.15, 0.2) is 0 Å². The second kappa shape index (κ2) is 7.03. The van der Waals surface area contributed by atoms with E-state index in [-0.39, 0.29) is 12.5 Å². The molecule has 3 aromatic rings. The van der Waals surface area contributed by atoms with E-state index in [9.17, 15) is 9.90 Å². The average molecular weight is 341 g/mol. The molecule has 1 atom stereocenters. The third kappa shape index (κ3) is 3.27. The topological polar surface area (TPSA) is 58.6 Å². The van der Waals surface area contributed by atoms with Crippen molar-refractivity contribution in [1.29, 1.82) is 0 Å². The Morgan fingerprint density at radius 1 is 1.21 bits per heavy atom. The molecule has 0 saturated carbocycles. The van der Waals surface area contributed by atoms with Crippen LogP contribution in [0.4, 0.5) is 0 Å². The van der Waals surface area contributed by atoms with Gasteiger partial charge in [0.2, 0.25) is 0 Å². The Bertz CT molecular complexity index is 855. The first kappa shape index (κ1) is 16.5. The number of aryl methyl sites for hydroxylation is 1. The minimum atomic E-state index is -0.755. The number of carbonyl (C=O) groups excluding carboxylic acids is 1. The highest BCUT2D eigenvalue weighted by Gasteiger charge is 2.16. The van der Waals surface area contributed by atoms with Crippen LogP contribution < -0.4 is 10.1 Å². The fourth-order valence-electron chi connectivity index (χ4n) is 2.60. The van der Waals surface area contributed by atoms with Crippen molar-refractivity contribution in [3.05, 3.63) is 64.5 Å². The molecule has 0 spiro atoms. The molecule has 0 bridgehead atoms. The van der Waals surface area contributed by atoms with Crippen molar-refractivity contribution in [3.63, 3.8) is 0 Å². The molecule has 1 amide bonds. The summed E-state index contributed by atoms with van der Waals surface area (Å²) >= 11 is 1.47. The SMILES string of the molecule is COc1ccc(C(O)CNC(=O)c2sc3ccccc3c2C)cc1. The average Bonchev–Trinajstić information content (AvgIpc) is 2.96. The van der Waals surface area contributed by atoms with Crippen LogP contribution in [0.25, 0.3) is 10.1 Å². The van der Waals surface area contributed by atoms with Gasteiger partial charge in [0, 0.05) is 11.2 Å². The molecule has 2 aromatic carbocycles. The van der Waals surface area contributed by atoms with Gasteiger partial charge in [-0.2, -0.15) is 0 Å². The van der Waals surface area contributed by atoms with Crippen LogP contribution in [0.5, 0.6) is 5.75 Å². The molecule has 4 nitrogen and oxygen atoms in total. The van der Waals surface area contributed by atoms with E-state index >= 15 is 0 Å². The highest BCUT2D eigenvalue weighted by Crippen LogP contribution is 2.30. The Morgan fingerprint density at radius 2 is 1.92 bits per heavy atom. The maximum atomic E-state index is 12.4. The molecule has 0 aliphatic rings. The van der Waals surface area contributed by atoms with Crippen LogP contribution in [-0.2, 0) is 0 Å². The number of nitrogens with one attached hydrogen (secondary N) is 1. The van der Waals surface area contributed by atoms with Crippen LogP contribution in [0.1, 0.15) is 26.9 Å². The zero-order valence-electron chi connectivity index (χ0n) is 13.6. The minimum absolute atomic E-state index is 0.152. The Balaban J connectivity index is 1.68. The summed E-state index contributed by atoms with van der Waals surface area (Å²) in [6.45, 7) is 2.12. The molecule has 124 valence electrons. The van der Waals surface area contributed by atoms with Crippen LogP contribution in [0, 0.1) is 6.92 Å². The Kier molecular flexibility index (Phi) is 4.83. The summed E-state index contributed by atoms with van der Waals surface area (Å²) in [7, 11) is 1.60. The lowest BCUT2D eigenvalue weighted by atomic mass is 10.1. The number of fused-ring (bicyclic) bond motifs is 1. The van der Waals surface area contributed by atoms with Gasteiger partial charge < -0.3 is 15.2 Å². The summed E-state index contributed by atoms with van der Waals surface area (Å²) < 4.78 is 6.19. The number of thiophene rings is 1. The van der Waals surface area contributed by atoms with Crippen molar-refractivity contribution in [2.45, 2.75) is 13.0 Å². The number of hydrogen-bond donors (Lipinski definition) is 2. The Hall–Kier alpha value is -2.37. The maximum absolute atomic E-state index is 12.4. The number of ether oxygens (including phenoxy) is 1. The molecule has 24 heavy (non-hydrogen) atoms. The molecule has 0 radical (unpaired) electrons. The van der Waals surface area contributed by atoms with E-state index in [0.29, 0.717) is 4.88 Å². The van der Waals surface area contributed by atoms with E-state index in [0.717, 1.165) is 27.0 Å². The van der Waals surface area contributed by atoms with E-state index in [1.807, 2.05) is 31.2 Å². The molecular formula is C19H19NO3S. The van der Waals surface area contributed by atoms with Gasteiger partial charge >= 0.3 is 0 Å². The molecule has 0 saturated heterocycles. The highest BCUT2D eigenvalue weighted by molar-refractivity contribution is 7.21. The van der Waals surface area contributed by atoms with Gasteiger partial charge in [0.25, 0.3) is 5.91 Å². The molecule has 0 aliphatic heterocycles. The number of benzene rings is 2. The monoisotopic (exact) mass is 341 g/mol. The first-order chi connectivity index (χ1) is 11.6. The summed E-state index contributed by atoms with van der Waals surface area (Å²) in [4.78, 5) is 13.1. The smallest absolute Gasteiger partial charge is 0.261 e. The molecule has 0 aliphatic carbocycles. The van der Waals surface area contributed by atoms with Gasteiger partial charge in [-0.25, -0.2) is 0 Å². The summed E-state index contributed by atoms with van der Waals surface area (Å²) in [5, 5.41) is 14.2. The van der Waals surface area contributed by atoms with E-state index < -0.39 is 6.10 Å². The lowest BCUT2D eigenvalue weighted by Gasteiger charge is -2.12. The molecule has 3 rings (SSSR count). The van der Waals surface area contributed by atoms with E-state index in [1.54, 1.807) is 31.4 Å². The summed E-state index contributed by atoms with van der Waals surface area (Å²) in [5.74, 6) is 0.581. The van der Waals surface area contributed by atoms with E-state index in [1.165, 1.54) is 11.3 Å². The fourth-order valence-corrected chi connectivity index (χ4v) is 3.73. The third-order valence-electron chi connectivity index (χ3n) is 4.01. The predicted octanol–water partition coefficient (Wildman–Crippen LogP) is 3.68. The molecule has 1 aromatic heterocycles. The van der Waals surface area contributed by atoms with Gasteiger partial charge in [0.05, 0.1) is 18.1 Å². The number of methoxy groups -OCH3 is 1. The number of carbonyl (C=O) groups is 1. The molecule has 0 fully saturated rings. The van der Waals surface area contributed by atoms with Crippen molar-refractivity contribution in [3.8, 4) is 5.75 Å². The normalized spacial score (nSPS) is 12.1. The van der Waals surface area contributed by atoms with Crippen molar-refractivity contribution in [2.75, 3.05) is 13.7 Å². The van der Waals surface area contributed by atoms with Gasteiger partial charge in [0.1, 0.15) is 5.75 Å². The Labute approximate surface area is 144 Å². The van der Waals surface area contributed by atoms with Crippen LogP contribution >= 0.6 is 11.3 Å². The van der Waals surface area contributed by atoms with Gasteiger partial charge in [-0.05, 0) is 41.6 Å². The lowest BCUT2D eigenvalue weighted by Crippen LogP contribution is -2.28. The highest BCUT2D eigenvalue weighted by atomic mass is 32.1. The number of aliphatic hydroxyl groups is 1. The summed E-state index contributed by atoms with van der Waals surface area (Å²) in [6, 6.07) is 15.1. The second-order valence-corrected chi connectivity index (χ2v) is 6.60. The van der Waals surface area contributed by atoms with Crippen molar-refractivity contribution in [1.82, 2.24) is 5.32 Å². The minimum Gasteiger partial charge on any atom is -0.497 e. The largest absolute Gasteiger partial charge is 0.497 e. The molecule has 1 heterocycles. The zero-order valence-corrected chi connectivity index (χ0v) is 14.4. The fraction of sp³-hybridized carbons (Fsp3) is 0.211. The van der Waals surface area contributed by atoms with Crippen molar-refractivity contribution >= 4 is 27.3 Å². The second-order valence-electron chi connectivity index (χ2n) is 5.55. The number of amides is 1.